The largest absolute Gasteiger partial charge is 0.495 e. The number of fused-ring (bicyclic) bond motifs is 1. The quantitative estimate of drug-likeness (QED) is 0.279. The van der Waals surface area contributed by atoms with Gasteiger partial charge in [-0.2, -0.15) is 5.12 Å². The first kappa shape index (κ1) is 22.1. The fourth-order valence-corrected chi connectivity index (χ4v) is 4.90. The average Bonchev–Trinajstić information content (AvgIpc) is 2.89. The minimum absolute atomic E-state index is 0.703. The van der Waals surface area contributed by atoms with Gasteiger partial charge in [0.1, 0.15) is 5.75 Å². The van der Waals surface area contributed by atoms with Crippen molar-refractivity contribution in [3.63, 3.8) is 0 Å². The Labute approximate surface area is 202 Å². The van der Waals surface area contributed by atoms with Gasteiger partial charge in [-0.25, -0.2) is 0 Å². The first-order chi connectivity index (χ1) is 16.7. The molecular weight excluding hydrogens is 418 g/mol. The van der Waals surface area contributed by atoms with Crippen LogP contribution in [-0.4, -0.2) is 7.11 Å². The van der Waals surface area contributed by atoms with Crippen LogP contribution in [-0.2, 0) is 0 Å². The topological polar surface area (TPSA) is 36.5 Å². The van der Waals surface area contributed by atoms with Gasteiger partial charge in [0.2, 0.25) is 0 Å². The number of hydrogen-bond acceptors (Lipinski definition) is 4. The maximum atomic E-state index is 5.62. The van der Waals surface area contributed by atoms with Crippen molar-refractivity contribution in [2.45, 2.75) is 44.9 Å². The van der Waals surface area contributed by atoms with Gasteiger partial charge in [0, 0.05) is 0 Å². The molecule has 0 bridgehead atoms. The highest BCUT2D eigenvalue weighted by atomic mass is 16.5. The maximum absolute atomic E-state index is 5.62. The third-order valence-corrected chi connectivity index (χ3v) is 6.81. The summed E-state index contributed by atoms with van der Waals surface area (Å²) in [7, 11) is 1.70. The molecule has 4 heteroatoms. The predicted octanol–water partition coefficient (Wildman–Crippen LogP) is 8.07. The van der Waals surface area contributed by atoms with Crippen LogP contribution in [0.4, 0.5) is 17.1 Å². The molecule has 34 heavy (non-hydrogen) atoms. The summed E-state index contributed by atoms with van der Waals surface area (Å²) in [4.78, 5) is 0. The predicted molar refractivity (Wildman–Crippen MR) is 144 cm³/mol. The van der Waals surface area contributed by atoms with Gasteiger partial charge in [0.25, 0.3) is 0 Å². The number of benzene rings is 4. The first-order valence-corrected chi connectivity index (χ1v) is 12.3. The molecule has 4 aromatic rings. The number of anilines is 3. The van der Waals surface area contributed by atoms with Gasteiger partial charge in [-0.1, -0.05) is 67.8 Å². The molecule has 0 saturated heterocycles. The molecule has 1 fully saturated rings. The monoisotopic (exact) mass is 451 g/mol. The molecule has 0 aliphatic heterocycles. The van der Waals surface area contributed by atoms with Crippen molar-refractivity contribution in [3.05, 3.63) is 96.1 Å². The summed E-state index contributed by atoms with van der Waals surface area (Å²) in [5.41, 5.74) is 12.7. The smallest absolute Gasteiger partial charge is 0.143 e. The highest BCUT2D eigenvalue weighted by Gasteiger charge is 2.16. The second-order valence-electron chi connectivity index (χ2n) is 9.25. The number of methoxy groups -OCH3 is 1. The van der Waals surface area contributed by atoms with Gasteiger partial charge in [0.15, 0.2) is 0 Å². The third-order valence-electron chi connectivity index (χ3n) is 6.81. The van der Waals surface area contributed by atoms with Crippen molar-refractivity contribution in [3.8, 4) is 5.75 Å². The molecule has 1 saturated carbocycles. The van der Waals surface area contributed by atoms with Crippen molar-refractivity contribution in [1.82, 2.24) is 0 Å². The summed E-state index contributed by atoms with van der Waals surface area (Å²) < 4.78 is 5.62. The number of aryl methyl sites for hydroxylation is 1. The molecule has 0 unspecified atom stereocenters. The number of nitrogens with one attached hydrogen (secondary N) is 2. The standard InChI is InChI=1S/C30H33N3O/c1-22-12-19-30(34-2)29(20-22)32-33(28-18-15-24-10-6-7-11-26(24)21-28)31-27-16-13-25(14-17-27)23-8-4-3-5-9-23/h6-7,10-21,23,31-32H,3-5,8-9H2,1-2H3. The summed E-state index contributed by atoms with van der Waals surface area (Å²) >= 11 is 0. The van der Waals surface area contributed by atoms with Crippen LogP contribution in [0, 0.1) is 6.92 Å². The van der Waals surface area contributed by atoms with Crippen LogP contribution in [0.25, 0.3) is 10.8 Å². The minimum atomic E-state index is 0.703. The van der Waals surface area contributed by atoms with Crippen LogP contribution in [0.3, 0.4) is 0 Å². The van der Waals surface area contributed by atoms with Crippen LogP contribution in [0.5, 0.6) is 5.75 Å². The first-order valence-electron chi connectivity index (χ1n) is 12.3. The fraction of sp³-hybridized carbons (Fsp3) is 0.267. The molecular formula is C30H33N3O. The summed E-state index contributed by atoms with van der Waals surface area (Å²) in [6.07, 6.45) is 6.70. The van der Waals surface area contributed by atoms with E-state index in [4.69, 9.17) is 4.74 Å². The maximum Gasteiger partial charge on any atom is 0.143 e. The number of nitrogens with zero attached hydrogens (tertiary/aromatic N) is 1. The molecule has 1 aliphatic carbocycles. The molecule has 0 spiro atoms. The molecule has 0 amide bonds. The molecule has 2 N–H and O–H groups in total. The fourth-order valence-electron chi connectivity index (χ4n) is 4.90. The number of rotatable bonds is 7. The lowest BCUT2D eigenvalue weighted by molar-refractivity contribution is 0.416. The van der Waals surface area contributed by atoms with Gasteiger partial charge in [-0.3, -0.25) is 10.9 Å². The van der Waals surface area contributed by atoms with Gasteiger partial charge >= 0.3 is 0 Å². The van der Waals surface area contributed by atoms with Gasteiger partial charge in [0.05, 0.1) is 24.2 Å². The van der Waals surface area contributed by atoms with E-state index < -0.39 is 0 Å². The SMILES string of the molecule is COc1ccc(C)cc1NN(Nc1ccc(C2CCCCC2)cc1)c1ccc2ccccc2c1. The lowest BCUT2D eigenvalue weighted by Crippen LogP contribution is -2.35. The van der Waals surface area contributed by atoms with E-state index in [2.05, 4.69) is 96.6 Å². The highest BCUT2D eigenvalue weighted by Crippen LogP contribution is 2.34. The number of hydrogen-bond donors (Lipinski definition) is 2. The van der Waals surface area contributed by atoms with Crippen LogP contribution in [0.1, 0.15) is 49.1 Å². The van der Waals surface area contributed by atoms with Gasteiger partial charge in [-0.05, 0) is 84.0 Å². The zero-order valence-corrected chi connectivity index (χ0v) is 20.1. The molecule has 4 aromatic carbocycles. The Bertz CT molecular complexity index is 1250. The molecule has 0 aromatic heterocycles. The average molecular weight is 452 g/mol. The summed E-state index contributed by atoms with van der Waals surface area (Å²) in [5, 5.41) is 4.38. The Balaban J connectivity index is 1.45. The molecule has 5 rings (SSSR count). The number of ether oxygens (including phenoxy) is 1. The second-order valence-corrected chi connectivity index (χ2v) is 9.25. The lowest BCUT2D eigenvalue weighted by atomic mass is 9.84. The van der Waals surface area contributed by atoms with E-state index in [-0.39, 0.29) is 0 Å². The molecule has 174 valence electrons. The van der Waals surface area contributed by atoms with Crippen molar-refractivity contribution >= 4 is 27.8 Å². The Morgan fingerprint density at radius 2 is 1.53 bits per heavy atom. The molecule has 4 nitrogen and oxygen atoms in total. The highest BCUT2D eigenvalue weighted by molar-refractivity contribution is 5.86. The van der Waals surface area contributed by atoms with E-state index in [1.54, 1.807) is 7.11 Å². The summed E-state index contributed by atoms with van der Waals surface area (Å²) in [6, 6.07) is 30.0. The molecule has 1 aliphatic rings. The Morgan fingerprint density at radius 1 is 0.765 bits per heavy atom. The number of hydrazine groups is 2. The van der Waals surface area contributed by atoms with Gasteiger partial charge in [-0.15, -0.1) is 0 Å². The Kier molecular flexibility index (Phi) is 6.57. The van der Waals surface area contributed by atoms with Crippen LogP contribution < -0.4 is 20.7 Å². The van der Waals surface area contributed by atoms with E-state index in [0.29, 0.717) is 5.92 Å². The Hall–Kier alpha value is -3.66. The van der Waals surface area contributed by atoms with E-state index in [0.717, 1.165) is 22.8 Å². The van der Waals surface area contributed by atoms with Crippen LogP contribution in [0.15, 0.2) is 84.9 Å². The van der Waals surface area contributed by atoms with Gasteiger partial charge < -0.3 is 4.74 Å². The van der Waals surface area contributed by atoms with Crippen LogP contribution in [0.2, 0.25) is 0 Å². The molecule has 0 heterocycles. The van der Waals surface area contributed by atoms with Crippen molar-refractivity contribution in [1.29, 1.82) is 0 Å². The van der Waals surface area contributed by atoms with Crippen molar-refractivity contribution in [2.24, 2.45) is 0 Å². The normalized spacial score (nSPS) is 14.1. The van der Waals surface area contributed by atoms with Crippen molar-refractivity contribution in [2.75, 3.05) is 23.1 Å². The van der Waals surface area contributed by atoms with E-state index in [9.17, 15) is 0 Å². The van der Waals surface area contributed by atoms with E-state index in [1.165, 1.54) is 54.0 Å². The Morgan fingerprint density at radius 3 is 2.29 bits per heavy atom. The molecule has 0 radical (unpaired) electrons. The zero-order valence-electron chi connectivity index (χ0n) is 20.1. The second kappa shape index (κ2) is 10.1. The third kappa shape index (κ3) is 4.96. The summed E-state index contributed by atoms with van der Waals surface area (Å²) in [6.45, 7) is 2.09. The lowest BCUT2D eigenvalue weighted by Gasteiger charge is -2.29. The van der Waals surface area contributed by atoms with Crippen LogP contribution >= 0.6 is 0 Å². The van der Waals surface area contributed by atoms with Crippen molar-refractivity contribution < 1.29 is 4.74 Å². The van der Waals surface area contributed by atoms with E-state index >= 15 is 0 Å². The summed E-state index contributed by atoms with van der Waals surface area (Å²) in [5.74, 6) is 1.50. The van der Waals surface area contributed by atoms with E-state index in [1.807, 2.05) is 11.2 Å². The minimum Gasteiger partial charge on any atom is -0.495 e. The molecule has 0 atom stereocenters. The zero-order chi connectivity index (χ0) is 23.3.